The lowest BCUT2D eigenvalue weighted by atomic mass is 9.63. The van der Waals surface area contributed by atoms with Gasteiger partial charge in [-0.05, 0) is 93.7 Å². The Morgan fingerprint density at radius 1 is 0.348 bits per heavy atom. The number of aromatic nitrogens is 3. The van der Waals surface area contributed by atoms with E-state index in [1.807, 2.05) is 0 Å². The zero-order valence-electron chi connectivity index (χ0n) is 25.1. The molecule has 6 aromatic carbocycles. The number of para-hydroxylation sites is 4. The van der Waals surface area contributed by atoms with Crippen molar-refractivity contribution in [1.29, 1.82) is 0 Å². The van der Waals surface area contributed by atoms with Gasteiger partial charge in [0.2, 0.25) is 0 Å². The van der Waals surface area contributed by atoms with Crippen LogP contribution in [-0.2, 0) is 5.41 Å². The first-order chi connectivity index (χ1) is 22.8. The van der Waals surface area contributed by atoms with Gasteiger partial charge in [0.15, 0.2) is 0 Å². The van der Waals surface area contributed by atoms with Crippen LogP contribution in [-0.4, -0.2) is 13.7 Å². The lowest BCUT2D eigenvalue weighted by Crippen LogP contribution is -2.35. The minimum absolute atomic E-state index is 0.515. The predicted octanol–water partition coefficient (Wildman–Crippen LogP) is 10.2. The summed E-state index contributed by atoms with van der Waals surface area (Å²) in [7, 11) is 0. The highest BCUT2D eigenvalue weighted by Crippen LogP contribution is 2.52. The quantitative estimate of drug-likeness (QED) is 0.195. The van der Waals surface area contributed by atoms with Crippen molar-refractivity contribution in [1.82, 2.24) is 13.7 Å². The summed E-state index contributed by atoms with van der Waals surface area (Å²) >= 11 is 0. The molecule has 0 spiro atoms. The molecule has 0 atom stereocenters. The normalized spacial score (nSPS) is 13.4. The molecule has 9 aromatic rings. The third-order valence-electron chi connectivity index (χ3n) is 10.0. The molecule has 0 bridgehead atoms. The fraction of sp³-hybridized carbons (Fsp3) is 0.0233. The van der Waals surface area contributed by atoms with Crippen LogP contribution in [0.15, 0.2) is 176 Å². The fourth-order valence-electron chi connectivity index (χ4n) is 7.99. The van der Waals surface area contributed by atoms with Gasteiger partial charge in [-0.15, -0.1) is 0 Å². The van der Waals surface area contributed by atoms with E-state index in [0.29, 0.717) is 0 Å². The summed E-state index contributed by atoms with van der Waals surface area (Å²) in [4.78, 5) is 0. The zero-order valence-corrected chi connectivity index (χ0v) is 25.1. The summed E-state index contributed by atoms with van der Waals surface area (Å²) in [5, 5.41) is 3.74. The first kappa shape index (κ1) is 25.3. The van der Waals surface area contributed by atoms with Crippen molar-refractivity contribution in [3.63, 3.8) is 0 Å². The maximum atomic E-state index is 2.37. The Bertz CT molecular complexity index is 2460. The van der Waals surface area contributed by atoms with Crippen LogP contribution in [0.3, 0.4) is 0 Å². The lowest BCUT2D eigenvalue weighted by molar-refractivity contribution is 0.724. The highest BCUT2D eigenvalue weighted by molar-refractivity contribution is 5.92. The topological polar surface area (TPSA) is 14.8 Å². The van der Waals surface area contributed by atoms with Gasteiger partial charge in [0.25, 0.3) is 0 Å². The summed E-state index contributed by atoms with van der Waals surface area (Å²) in [6, 6.07) is 57.9. The number of benzene rings is 6. The third-order valence-corrected chi connectivity index (χ3v) is 10.0. The molecule has 46 heavy (non-hydrogen) atoms. The van der Waals surface area contributed by atoms with E-state index >= 15 is 0 Å². The average Bonchev–Trinajstić information content (AvgIpc) is 3.87. The van der Waals surface area contributed by atoms with Crippen molar-refractivity contribution in [3.05, 3.63) is 199 Å². The third kappa shape index (κ3) is 3.37. The van der Waals surface area contributed by atoms with Crippen LogP contribution in [0.2, 0.25) is 0 Å². The molecule has 3 nitrogen and oxygen atoms in total. The molecule has 10 rings (SSSR count). The Hall–Kier alpha value is -6.06. The smallest absolute Gasteiger partial charge is 0.0742 e. The fourth-order valence-corrected chi connectivity index (χ4v) is 7.99. The van der Waals surface area contributed by atoms with Gasteiger partial charge < -0.3 is 13.7 Å². The summed E-state index contributed by atoms with van der Waals surface area (Å²) < 4.78 is 6.93. The van der Waals surface area contributed by atoms with E-state index in [1.54, 1.807) is 0 Å². The lowest BCUT2D eigenvalue weighted by Gasteiger charge is -2.41. The van der Waals surface area contributed by atoms with Crippen molar-refractivity contribution in [2.45, 2.75) is 5.41 Å². The van der Waals surface area contributed by atoms with Gasteiger partial charge in [0, 0.05) is 35.4 Å². The van der Waals surface area contributed by atoms with Crippen LogP contribution in [0.4, 0.5) is 0 Å². The minimum atomic E-state index is -0.515. The average molecular weight is 588 g/mol. The van der Waals surface area contributed by atoms with Crippen LogP contribution in [0.1, 0.15) is 22.3 Å². The Kier molecular flexibility index (Phi) is 5.20. The molecule has 0 amide bonds. The van der Waals surface area contributed by atoms with E-state index in [-0.39, 0.29) is 0 Å². The largest absolute Gasteiger partial charge is 0.317 e. The number of nitrogens with zero attached hydrogens (tertiary/aromatic N) is 3. The molecule has 1 aliphatic rings. The molecule has 0 saturated carbocycles. The molecule has 3 aromatic heterocycles. The molecule has 0 fully saturated rings. The van der Waals surface area contributed by atoms with Gasteiger partial charge in [0.05, 0.1) is 27.7 Å². The van der Waals surface area contributed by atoms with Crippen LogP contribution >= 0.6 is 0 Å². The van der Waals surface area contributed by atoms with Crippen molar-refractivity contribution in [2.75, 3.05) is 0 Å². The van der Waals surface area contributed by atoms with Crippen molar-refractivity contribution in [3.8, 4) is 17.1 Å². The van der Waals surface area contributed by atoms with E-state index in [2.05, 4.69) is 190 Å². The first-order valence-electron chi connectivity index (χ1n) is 15.9. The highest BCUT2D eigenvalue weighted by atomic mass is 15.0. The molecule has 1 aliphatic heterocycles. The maximum absolute atomic E-state index is 2.37. The molecular weight excluding hydrogens is 558 g/mol. The second-order valence-corrected chi connectivity index (χ2v) is 12.3. The molecule has 0 unspecified atom stereocenters. The Morgan fingerprint density at radius 3 is 1.46 bits per heavy atom. The monoisotopic (exact) mass is 587 g/mol. The summed E-state index contributed by atoms with van der Waals surface area (Å²) in [5.74, 6) is 0. The number of hydrogen-bond donors (Lipinski definition) is 0. The van der Waals surface area contributed by atoms with Gasteiger partial charge in [-0.2, -0.15) is 0 Å². The first-order valence-corrected chi connectivity index (χ1v) is 15.9. The molecule has 4 heterocycles. The van der Waals surface area contributed by atoms with Crippen LogP contribution < -0.4 is 0 Å². The standard InChI is InChI=1S/C43H29N3/c1-4-13-39-30(8-1)24-27-44(39)35-20-16-33(17-21-35)43(34-18-22-36(23-19-34)45-28-25-31-9-2-5-14-40(31)45)37-11-3-6-15-41(37)46-29-26-32-10-7-12-38(43)42(32)46/h1-29H. The van der Waals surface area contributed by atoms with E-state index < -0.39 is 5.41 Å². The minimum Gasteiger partial charge on any atom is -0.317 e. The Labute approximate surface area is 266 Å². The number of hydrogen-bond acceptors (Lipinski definition) is 0. The maximum Gasteiger partial charge on any atom is 0.0742 e. The van der Waals surface area contributed by atoms with Crippen molar-refractivity contribution in [2.24, 2.45) is 0 Å². The summed E-state index contributed by atoms with van der Waals surface area (Å²) in [6.07, 6.45) is 6.56. The molecule has 0 saturated heterocycles. The highest BCUT2D eigenvalue weighted by Gasteiger charge is 2.44. The summed E-state index contributed by atoms with van der Waals surface area (Å²) in [5.41, 5.74) is 11.8. The van der Waals surface area contributed by atoms with Gasteiger partial charge in [-0.1, -0.05) is 97.1 Å². The van der Waals surface area contributed by atoms with E-state index in [4.69, 9.17) is 0 Å². The molecule has 0 radical (unpaired) electrons. The van der Waals surface area contributed by atoms with Crippen LogP contribution in [0.5, 0.6) is 0 Å². The van der Waals surface area contributed by atoms with Crippen molar-refractivity contribution >= 4 is 32.7 Å². The Balaban J connectivity index is 1.23. The van der Waals surface area contributed by atoms with E-state index in [1.165, 1.54) is 60.6 Å². The molecule has 0 aliphatic carbocycles. The second kappa shape index (κ2) is 9.47. The molecule has 216 valence electrons. The molecular formula is C43H29N3. The predicted molar refractivity (Wildman–Crippen MR) is 189 cm³/mol. The van der Waals surface area contributed by atoms with Crippen molar-refractivity contribution < 1.29 is 0 Å². The van der Waals surface area contributed by atoms with Gasteiger partial charge in [-0.25, -0.2) is 0 Å². The van der Waals surface area contributed by atoms with E-state index in [0.717, 1.165) is 11.4 Å². The van der Waals surface area contributed by atoms with E-state index in [9.17, 15) is 0 Å². The molecule has 3 heteroatoms. The van der Waals surface area contributed by atoms with Gasteiger partial charge in [-0.3, -0.25) is 0 Å². The van der Waals surface area contributed by atoms with Gasteiger partial charge >= 0.3 is 0 Å². The number of rotatable bonds is 4. The SMILES string of the molecule is c1ccc2c(c1)-n1ccc3cccc(c31)C2(c1ccc(-n2ccc3ccccc32)cc1)c1ccc(-n2ccc3ccccc32)cc1. The molecule has 0 N–H and O–H groups in total. The van der Waals surface area contributed by atoms with Crippen LogP contribution in [0, 0.1) is 0 Å². The van der Waals surface area contributed by atoms with Gasteiger partial charge in [0.1, 0.15) is 0 Å². The second-order valence-electron chi connectivity index (χ2n) is 12.3. The number of fused-ring (bicyclic) bond motifs is 4. The Morgan fingerprint density at radius 2 is 0.826 bits per heavy atom. The summed E-state index contributed by atoms with van der Waals surface area (Å²) in [6.45, 7) is 0. The van der Waals surface area contributed by atoms with Crippen LogP contribution in [0.25, 0.3) is 49.8 Å². The zero-order chi connectivity index (χ0) is 30.2.